The van der Waals surface area contributed by atoms with Crippen LogP contribution in [0.15, 0.2) is 195 Å². The first kappa shape index (κ1) is 30.3. The van der Waals surface area contributed by atoms with E-state index in [0.717, 1.165) is 94.3 Å². The summed E-state index contributed by atoms with van der Waals surface area (Å²) < 4.78 is 19.2. The minimum atomic E-state index is 0.589. The van der Waals surface area contributed by atoms with E-state index in [1.165, 1.54) is 5.56 Å². The number of hydrogen-bond donors (Lipinski definition) is 0. The summed E-state index contributed by atoms with van der Waals surface area (Å²) >= 11 is 0. The average molecular weight is 695 g/mol. The summed E-state index contributed by atoms with van der Waals surface area (Å²) in [5, 5.41) is 4.19. The Kier molecular flexibility index (Phi) is 6.79. The van der Waals surface area contributed by atoms with Crippen LogP contribution in [0.2, 0.25) is 0 Å². The highest BCUT2D eigenvalue weighted by atomic mass is 16.4. The number of fused-ring (bicyclic) bond motifs is 7. The number of furan rings is 2. The fourth-order valence-corrected chi connectivity index (χ4v) is 7.70. The molecule has 0 bridgehead atoms. The molecule has 0 aliphatic heterocycles. The van der Waals surface area contributed by atoms with E-state index < -0.39 is 0 Å². The third kappa shape index (κ3) is 4.98. The lowest BCUT2D eigenvalue weighted by molar-refractivity contribution is 0.620. The Morgan fingerprint density at radius 2 is 1.00 bits per heavy atom. The number of anilines is 3. The van der Waals surface area contributed by atoms with Gasteiger partial charge >= 0.3 is 0 Å². The Labute approximate surface area is 309 Å². The Morgan fingerprint density at radius 1 is 0.352 bits per heavy atom. The van der Waals surface area contributed by atoms with Gasteiger partial charge < -0.3 is 18.2 Å². The lowest BCUT2D eigenvalue weighted by atomic mass is 10.0. The maximum atomic E-state index is 6.46. The van der Waals surface area contributed by atoms with Gasteiger partial charge in [0, 0.05) is 55.8 Å². The highest BCUT2D eigenvalue weighted by molar-refractivity contribution is 6.11. The summed E-state index contributed by atoms with van der Waals surface area (Å²) in [6.07, 6.45) is 0. The van der Waals surface area contributed by atoms with Gasteiger partial charge in [-0.25, -0.2) is 4.98 Å². The van der Waals surface area contributed by atoms with Crippen LogP contribution in [-0.2, 0) is 0 Å². The van der Waals surface area contributed by atoms with Crippen LogP contribution >= 0.6 is 0 Å². The zero-order valence-electron chi connectivity index (χ0n) is 28.9. The molecule has 3 aromatic heterocycles. The molecule has 254 valence electrons. The SMILES string of the molecule is c1ccc(-c2ccc(N(c3cccc(-c4cccc5c4oc4ccccc45)c3)c3ccc4oc5cc6nc(-c7ccccc7)oc6cc5c4c3)cc2)cc1. The highest BCUT2D eigenvalue weighted by Crippen LogP contribution is 2.43. The Morgan fingerprint density at radius 3 is 1.85 bits per heavy atom. The second kappa shape index (κ2) is 12.1. The van der Waals surface area contributed by atoms with Crippen LogP contribution < -0.4 is 4.90 Å². The van der Waals surface area contributed by atoms with Gasteiger partial charge in [0.05, 0.1) is 0 Å². The molecule has 8 aromatic carbocycles. The van der Waals surface area contributed by atoms with Gasteiger partial charge in [-0.2, -0.15) is 0 Å². The lowest BCUT2D eigenvalue weighted by Gasteiger charge is -2.26. The molecule has 11 aromatic rings. The summed E-state index contributed by atoms with van der Waals surface area (Å²) in [6.45, 7) is 0. The van der Waals surface area contributed by atoms with Crippen LogP contribution in [-0.4, -0.2) is 4.98 Å². The van der Waals surface area contributed by atoms with Crippen molar-refractivity contribution in [3.8, 4) is 33.7 Å². The monoisotopic (exact) mass is 694 g/mol. The van der Waals surface area contributed by atoms with Gasteiger partial charge in [0.15, 0.2) is 5.58 Å². The van der Waals surface area contributed by atoms with E-state index in [-0.39, 0.29) is 0 Å². The second-order valence-electron chi connectivity index (χ2n) is 13.6. The second-order valence-corrected chi connectivity index (χ2v) is 13.6. The molecule has 0 fully saturated rings. The standard InChI is InChI=1S/C49H30N2O3/c1-3-11-31(12-4-1)32-21-23-35(24-22-32)51(36-16-9-15-34(27-36)38-18-10-19-40-39-17-7-8-20-44(39)53-48(38)40)37-25-26-45-41(28-37)42-29-47-43(30-46(42)52-45)50-49(54-47)33-13-5-2-6-14-33/h1-30H. The van der Waals surface area contributed by atoms with E-state index >= 15 is 0 Å². The van der Waals surface area contributed by atoms with E-state index in [2.05, 4.69) is 126 Å². The predicted molar refractivity (Wildman–Crippen MR) is 220 cm³/mol. The lowest BCUT2D eigenvalue weighted by Crippen LogP contribution is -2.10. The van der Waals surface area contributed by atoms with Gasteiger partial charge in [0.1, 0.15) is 27.8 Å². The van der Waals surface area contributed by atoms with Crippen LogP contribution in [0.3, 0.4) is 0 Å². The minimum absolute atomic E-state index is 0.589. The fourth-order valence-electron chi connectivity index (χ4n) is 7.70. The van der Waals surface area contributed by atoms with Crippen LogP contribution in [0, 0.1) is 0 Å². The van der Waals surface area contributed by atoms with Gasteiger partial charge in [-0.1, -0.05) is 109 Å². The van der Waals surface area contributed by atoms with E-state index in [9.17, 15) is 0 Å². The Hall–Kier alpha value is -7.37. The zero-order chi connectivity index (χ0) is 35.6. The van der Waals surface area contributed by atoms with Crippen LogP contribution in [0.4, 0.5) is 17.1 Å². The van der Waals surface area contributed by atoms with Crippen molar-refractivity contribution in [3.05, 3.63) is 182 Å². The molecule has 0 N–H and O–H groups in total. The van der Waals surface area contributed by atoms with Crippen molar-refractivity contribution in [1.29, 1.82) is 0 Å². The molecule has 5 nitrogen and oxygen atoms in total. The first-order valence-electron chi connectivity index (χ1n) is 18.0. The van der Waals surface area contributed by atoms with E-state index in [1.807, 2.05) is 60.7 Å². The summed E-state index contributed by atoms with van der Waals surface area (Å²) in [6, 6.07) is 62.9. The molecule has 0 unspecified atom stereocenters. The van der Waals surface area contributed by atoms with Crippen molar-refractivity contribution in [2.45, 2.75) is 0 Å². The van der Waals surface area contributed by atoms with Gasteiger partial charge in [-0.15, -0.1) is 0 Å². The highest BCUT2D eigenvalue weighted by Gasteiger charge is 2.19. The van der Waals surface area contributed by atoms with E-state index in [1.54, 1.807) is 0 Å². The van der Waals surface area contributed by atoms with Gasteiger partial charge in [0.2, 0.25) is 5.89 Å². The number of hydrogen-bond acceptors (Lipinski definition) is 5. The number of oxazole rings is 1. The molecule has 5 heteroatoms. The van der Waals surface area contributed by atoms with Crippen molar-refractivity contribution < 1.29 is 13.3 Å². The molecule has 0 radical (unpaired) electrons. The summed E-state index contributed by atoms with van der Waals surface area (Å²) in [4.78, 5) is 7.08. The molecule has 3 heterocycles. The molecule has 0 aliphatic rings. The Bertz CT molecular complexity index is 3160. The number of para-hydroxylation sites is 2. The molecule has 11 rings (SSSR count). The molecule has 0 saturated carbocycles. The van der Waals surface area contributed by atoms with Crippen LogP contribution in [0.1, 0.15) is 0 Å². The van der Waals surface area contributed by atoms with Gasteiger partial charge in [-0.05, 0) is 83.4 Å². The zero-order valence-corrected chi connectivity index (χ0v) is 28.9. The van der Waals surface area contributed by atoms with Gasteiger partial charge in [0.25, 0.3) is 0 Å². The van der Waals surface area contributed by atoms with Crippen molar-refractivity contribution in [3.63, 3.8) is 0 Å². The molecule has 54 heavy (non-hydrogen) atoms. The van der Waals surface area contributed by atoms with Crippen LogP contribution in [0.5, 0.6) is 0 Å². The van der Waals surface area contributed by atoms with E-state index in [4.69, 9.17) is 18.2 Å². The third-order valence-corrected chi connectivity index (χ3v) is 10.3. The molecule has 0 atom stereocenters. The van der Waals surface area contributed by atoms with E-state index in [0.29, 0.717) is 5.89 Å². The molecular formula is C49H30N2O3. The predicted octanol–water partition coefficient (Wildman–Crippen LogP) is 14.1. The van der Waals surface area contributed by atoms with Crippen LogP contribution in [0.25, 0.3) is 88.7 Å². The summed E-state index contributed by atoms with van der Waals surface area (Å²) in [5.74, 6) is 0.589. The number of nitrogens with zero attached hydrogens (tertiary/aromatic N) is 2. The first-order chi connectivity index (χ1) is 26.7. The van der Waals surface area contributed by atoms with Crippen molar-refractivity contribution in [1.82, 2.24) is 4.98 Å². The molecule has 0 amide bonds. The summed E-state index contributed by atoms with van der Waals surface area (Å²) in [5.41, 5.74) is 13.3. The molecule has 0 saturated heterocycles. The van der Waals surface area contributed by atoms with Crippen molar-refractivity contribution in [2.75, 3.05) is 4.90 Å². The normalized spacial score (nSPS) is 11.7. The quantitative estimate of drug-likeness (QED) is 0.173. The molecular weight excluding hydrogens is 665 g/mol. The first-order valence-corrected chi connectivity index (χ1v) is 18.0. The summed E-state index contributed by atoms with van der Waals surface area (Å²) in [7, 11) is 0. The van der Waals surface area contributed by atoms with Crippen molar-refractivity contribution in [2.24, 2.45) is 0 Å². The van der Waals surface area contributed by atoms with Crippen molar-refractivity contribution >= 4 is 72.0 Å². The smallest absolute Gasteiger partial charge is 0.227 e. The largest absolute Gasteiger partial charge is 0.456 e. The average Bonchev–Trinajstić information content (AvgIpc) is 3.94. The maximum absolute atomic E-state index is 6.46. The van der Waals surface area contributed by atoms with Gasteiger partial charge in [-0.3, -0.25) is 0 Å². The minimum Gasteiger partial charge on any atom is -0.456 e. The molecule has 0 aliphatic carbocycles. The topological polar surface area (TPSA) is 55.6 Å². The number of rotatable bonds is 6. The number of benzene rings is 8. The molecule has 0 spiro atoms. The fraction of sp³-hybridized carbons (Fsp3) is 0. The third-order valence-electron chi connectivity index (χ3n) is 10.3. The Balaban J connectivity index is 1.07. The number of aromatic nitrogens is 1. The maximum Gasteiger partial charge on any atom is 0.227 e.